The van der Waals surface area contributed by atoms with E-state index in [0.717, 1.165) is 12.8 Å². The first-order valence-corrected chi connectivity index (χ1v) is 12.2. The van der Waals surface area contributed by atoms with E-state index in [9.17, 15) is 4.79 Å². The van der Waals surface area contributed by atoms with Gasteiger partial charge in [-0.05, 0) is 42.1 Å². The van der Waals surface area contributed by atoms with Crippen LogP contribution in [0.5, 0.6) is 0 Å². The zero-order valence-electron chi connectivity index (χ0n) is 17.9. The molecule has 0 fully saturated rings. The Morgan fingerprint density at radius 1 is 0.964 bits per heavy atom. The molecule has 0 saturated carbocycles. The van der Waals surface area contributed by atoms with Gasteiger partial charge in [0.05, 0.1) is 6.61 Å². The molecule has 0 radical (unpaired) electrons. The third-order valence-electron chi connectivity index (χ3n) is 5.09. The van der Waals surface area contributed by atoms with Gasteiger partial charge in [0.15, 0.2) is 0 Å². The lowest BCUT2D eigenvalue weighted by Gasteiger charge is -2.44. The third kappa shape index (κ3) is 5.33. The Labute approximate surface area is 171 Å². The molecule has 1 atom stereocenters. The molecule has 4 heteroatoms. The van der Waals surface area contributed by atoms with Crippen molar-refractivity contribution in [1.29, 1.82) is 0 Å². The van der Waals surface area contributed by atoms with E-state index in [1.807, 2.05) is 6.92 Å². The Bertz CT molecular complexity index is 683. The minimum atomic E-state index is -2.52. The van der Waals surface area contributed by atoms with Crippen molar-refractivity contribution < 1.29 is 14.0 Å². The second-order valence-electron chi connectivity index (χ2n) is 8.29. The highest BCUT2D eigenvalue weighted by atomic mass is 28.4. The first-order valence-electron chi connectivity index (χ1n) is 10.3. The van der Waals surface area contributed by atoms with Crippen LogP contribution in [0.4, 0.5) is 0 Å². The number of hydrogen-bond donors (Lipinski definition) is 0. The quantitative estimate of drug-likeness (QED) is 0.454. The molecule has 0 N–H and O–H groups in total. The van der Waals surface area contributed by atoms with Crippen LogP contribution in [0, 0.1) is 0 Å². The van der Waals surface area contributed by atoms with Gasteiger partial charge < -0.3 is 9.16 Å². The largest absolute Gasteiger partial charge is 0.466 e. The van der Waals surface area contributed by atoms with E-state index in [0.29, 0.717) is 13.0 Å². The minimum absolute atomic E-state index is 0.0366. The summed E-state index contributed by atoms with van der Waals surface area (Å²) in [7, 11) is -2.52. The number of rotatable bonds is 9. The van der Waals surface area contributed by atoms with Gasteiger partial charge in [-0.15, -0.1) is 0 Å². The van der Waals surface area contributed by atoms with Gasteiger partial charge in [-0.1, -0.05) is 81.4 Å². The second-order valence-corrected chi connectivity index (χ2v) is 12.5. The fourth-order valence-electron chi connectivity index (χ4n) is 3.82. The van der Waals surface area contributed by atoms with Crippen molar-refractivity contribution >= 4 is 24.7 Å². The van der Waals surface area contributed by atoms with Crippen molar-refractivity contribution in [2.45, 2.75) is 65.0 Å². The summed E-state index contributed by atoms with van der Waals surface area (Å²) < 4.78 is 12.0. The van der Waals surface area contributed by atoms with Gasteiger partial charge in [0.2, 0.25) is 0 Å². The number of carbonyl (C=O) groups excluding carboxylic acids is 1. The third-order valence-corrected chi connectivity index (χ3v) is 10.3. The molecule has 0 amide bonds. The molecular formula is C24H34O3Si. The molecule has 3 nitrogen and oxygen atoms in total. The van der Waals surface area contributed by atoms with E-state index in [2.05, 4.69) is 88.4 Å². The SMILES string of the molecule is CCOC(=O)CCC[C@H](C)O[Si](c1ccccc1)(c1ccccc1)C(C)(C)C. The van der Waals surface area contributed by atoms with Gasteiger partial charge in [0, 0.05) is 12.5 Å². The summed E-state index contributed by atoms with van der Waals surface area (Å²) >= 11 is 0. The summed E-state index contributed by atoms with van der Waals surface area (Å²) in [6, 6.07) is 21.3. The fraction of sp³-hybridized carbons (Fsp3) is 0.458. The Hall–Kier alpha value is -1.91. The molecule has 0 aliphatic rings. The predicted molar refractivity (Wildman–Crippen MR) is 119 cm³/mol. The van der Waals surface area contributed by atoms with Crippen molar-refractivity contribution in [3.05, 3.63) is 60.7 Å². The van der Waals surface area contributed by atoms with Crippen LogP contribution < -0.4 is 10.4 Å². The topological polar surface area (TPSA) is 35.5 Å². The number of ether oxygens (including phenoxy) is 1. The summed E-state index contributed by atoms with van der Waals surface area (Å²) in [6.07, 6.45) is 2.12. The summed E-state index contributed by atoms with van der Waals surface area (Å²) in [5, 5.41) is 2.53. The number of carbonyl (C=O) groups is 1. The standard InChI is InChI=1S/C24H34O3Si/c1-6-26-23(25)19-13-14-20(2)27-28(24(3,4)5,21-15-9-7-10-16-21)22-17-11-8-12-18-22/h7-12,15-18,20H,6,13-14,19H2,1-5H3/t20-/m0/s1. The highest BCUT2D eigenvalue weighted by Gasteiger charge is 2.50. The zero-order valence-corrected chi connectivity index (χ0v) is 18.9. The highest BCUT2D eigenvalue weighted by molar-refractivity contribution is 6.99. The van der Waals surface area contributed by atoms with Crippen molar-refractivity contribution in [2.75, 3.05) is 6.61 Å². The Morgan fingerprint density at radius 2 is 1.46 bits per heavy atom. The molecule has 0 bridgehead atoms. The fourth-order valence-corrected chi connectivity index (χ4v) is 8.56. The molecule has 0 saturated heterocycles. The molecule has 28 heavy (non-hydrogen) atoms. The van der Waals surface area contributed by atoms with Crippen LogP contribution in [0.15, 0.2) is 60.7 Å². The molecule has 2 rings (SSSR count). The summed E-state index contributed by atoms with van der Waals surface area (Å²) in [6.45, 7) is 11.3. The van der Waals surface area contributed by atoms with Crippen LogP contribution >= 0.6 is 0 Å². The van der Waals surface area contributed by atoms with Gasteiger partial charge in [-0.3, -0.25) is 4.79 Å². The van der Waals surface area contributed by atoms with E-state index in [-0.39, 0.29) is 17.1 Å². The smallest absolute Gasteiger partial charge is 0.305 e. The van der Waals surface area contributed by atoms with Gasteiger partial charge in [0.25, 0.3) is 8.32 Å². The summed E-state index contributed by atoms with van der Waals surface area (Å²) in [5.74, 6) is -0.125. The van der Waals surface area contributed by atoms with E-state index in [1.165, 1.54) is 10.4 Å². The molecule has 0 heterocycles. The van der Waals surface area contributed by atoms with E-state index >= 15 is 0 Å². The van der Waals surface area contributed by atoms with Crippen LogP contribution in [-0.2, 0) is 14.0 Å². The summed E-state index contributed by atoms with van der Waals surface area (Å²) in [5.41, 5.74) is 0. The monoisotopic (exact) mass is 398 g/mol. The van der Waals surface area contributed by atoms with Crippen LogP contribution in [0.2, 0.25) is 5.04 Å². The molecular weight excluding hydrogens is 364 g/mol. The molecule has 152 valence electrons. The van der Waals surface area contributed by atoms with Crippen LogP contribution in [0.1, 0.15) is 53.9 Å². The zero-order chi connectivity index (χ0) is 20.6. The lowest BCUT2D eigenvalue weighted by Crippen LogP contribution is -2.67. The van der Waals surface area contributed by atoms with Crippen molar-refractivity contribution in [2.24, 2.45) is 0 Å². The minimum Gasteiger partial charge on any atom is -0.466 e. The Balaban J connectivity index is 2.32. The van der Waals surface area contributed by atoms with Gasteiger partial charge in [-0.25, -0.2) is 0 Å². The predicted octanol–water partition coefficient (Wildman–Crippen LogP) is 4.68. The lowest BCUT2D eigenvalue weighted by molar-refractivity contribution is -0.143. The van der Waals surface area contributed by atoms with Gasteiger partial charge in [0.1, 0.15) is 0 Å². The van der Waals surface area contributed by atoms with Crippen molar-refractivity contribution in [1.82, 2.24) is 0 Å². The average Bonchev–Trinajstić information content (AvgIpc) is 2.67. The number of hydrogen-bond acceptors (Lipinski definition) is 3. The Kier molecular flexibility index (Phi) is 8.02. The molecule has 2 aromatic rings. The maximum Gasteiger partial charge on any atom is 0.305 e. The molecule has 0 unspecified atom stereocenters. The molecule has 0 spiro atoms. The molecule has 0 aromatic heterocycles. The van der Waals surface area contributed by atoms with Crippen LogP contribution in [0.3, 0.4) is 0 Å². The van der Waals surface area contributed by atoms with E-state index in [1.54, 1.807) is 0 Å². The van der Waals surface area contributed by atoms with Crippen LogP contribution in [-0.4, -0.2) is 27.0 Å². The average molecular weight is 399 g/mol. The maximum absolute atomic E-state index is 11.7. The van der Waals surface area contributed by atoms with Gasteiger partial charge >= 0.3 is 5.97 Å². The number of benzene rings is 2. The summed E-state index contributed by atoms with van der Waals surface area (Å²) in [4.78, 5) is 11.7. The highest BCUT2D eigenvalue weighted by Crippen LogP contribution is 2.37. The first kappa shape index (κ1) is 22.4. The molecule has 2 aromatic carbocycles. The Morgan fingerprint density at radius 3 is 1.89 bits per heavy atom. The van der Waals surface area contributed by atoms with E-state index < -0.39 is 8.32 Å². The van der Waals surface area contributed by atoms with E-state index in [4.69, 9.17) is 9.16 Å². The number of esters is 1. The second kappa shape index (κ2) is 10.0. The maximum atomic E-state index is 11.7. The lowest BCUT2D eigenvalue weighted by atomic mass is 10.2. The first-order chi connectivity index (χ1) is 13.3. The molecule has 0 aliphatic heterocycles. The normalized spacial score (nSPS) is 13.2. The van der Waals surface area contributed by atoms with Crippen molar-refractivity contribution in [3.63, 3.8) is 0 Å². The molecule has 0 aliphatic carbocycles. The van der Waals surface area contributed by atoms with Crippen LogP contribution in [0.25, 0.3) is 0 Å². The van der Waals surface area contributed by atoms with Crippen molar-refractivity contribution in [3.8, 4) is 0 Å². The van der Waals surface area contributed by atoms with Gasteiger partial charge in [-0.2, -0.15) is 0 Å².